The van der Waals surface area contributed by atoms with Crippen LogP contribution < -0.4 is 0 Å². The molecule has 0 saturated heterocycles. The van der Waals surface area contributed by atoms with Crippen molar-refractivity contribution in [1.29, 1.82) is 0 Å². The molecule has 0 fully saturated rings. The molecule has 0 N–H and O–H groups in total. The predicted octanol–water partition coefficient (Wildman–Crippen LogP) is 18.2. The number of carbonyl (C=O) groups excluding carboxylic acids is 3. The fourth-order valence-electron chi connectivity index (χ4n) is 7.62. The number of esters is 3. The van der Waals surface area contributed by atoms with Crippen molar-refractivity contribution >= 4 is 17.9 Å². The molecule has 0 bridgehead atoms. The first kappa shape index (κ1) is 61.9. The van der Waals surface area contributed by atoms with Gasteiger partial charge in [-0.15, -0.1) is 0 Å². The van der Waals surface area contributed by atoms with E-state index in [9.17, 15) is 14.4 Å². The van der Waals surface area contributed by atoms with Gasteiger partial charge in [-0.25, -0.2) is 0 Å². The summed E-state index contributed by atoms with van der Waals surface area (Å²) in [6.07, 6.45) is 67.5. The van der Waals surface area contributed by atoms with Gasteiger partial charge in [0.15, 0.2) is 6.10 Å². The lowest BCUT2D eigenvalue weighted by molar-refractivity contribution is -0.167. The summed E-state index contributed by atoms with van der Waals surface area (Å²) in [6, 6.07) is 0. The summed E-state index contributed by atoms with van der Waals surface area (Å²) in [7, 11) is 0. The second-order valence-corrected chi connectivity index (χ2v) is 18.2. The lowest BCUT2D eigenvalue weighted by Gasteiger charge is -2.18. The van der Waals surface area contributed by atoms with Crippen molar-refractivity contribution in [2.45, 2.75) is 271 Å². The molecule has 0 aliphatic heterocycles. The molecule has 0 amide bonds. The summed E-state index contributed by atoms with van der Waals surface area (Å²) in [6.45, 7) is 6.46. The standard InChI is InChI=1S/C59H102O6/c1-4-7-10-13-16-19-22-25-27-29-30-32-34-37-40-43-46-49-52-58(61)64-55-56(54-63-57(60)51-48-45-42-39-36-33-24-21-18-15-12-9-6-3)65-59(62)53-50-47-44-41-38-35-31-28-26-23-20-17-14-11-8-5-2/h9,12,15,18,21,24,28,30-33,36,56H,4-8,10-11,13-14,16-17,19-20,22-23,25-27,29,34-35,37-55H2,1-3H3/b12-9-,18-15-,24-21-,31-28-,32-30-,36-33-. The van der Waals surface area contributed by atoms with E-state index < -0.39 is 6.10 Å². The van der Waals surface area contributed by atoms with Crippen molar-refractivity contribution in [3.63, 3.8) is 0 Å². The van der Waals surface area contributed by atoms with Gasteiger partial charge in [0.1, 0.15) is 13.2 Å². The second-order valence-electron chi connectivity index (χ2n) is 18.2. The van der Waals surface area contributed by atoms with E-state index in [1.54, 1.807) is 0 Å². The molecule has 0 aliphatic rings. The summed E-state index contributed by atoms with van der Waals surface area (Å²) in [5.41, 5.74) is 0. The Hall–Kier alpha value is -3.15. The van der Waals surface area contributed by atoms with Crippen LogP contribution in [0.2, 0.25) is 0 Å². The quantitative estimate of drug-likeness (QED) is 0.0199. The molecule has 0 aromatic carbocycles. The Labute approximate surface area is 402 Å². The zero-order chi connectivity index (χ0) is 47.2. The summed E-state index contributed by atoms with van der Waals surface area (Å²) in [5.74, 6) is -0.947. The molecular weight excluding hydrogens is 805 g/mol. The Balaban J connectivity index is 4.43. The number of allylic oxidation sites excluding steroid dienone is 12. The smallest absolute Gasteiger partial charge is 0.306 e. The van der Waals surface area contributed by atoms with Crippen LogP contribution in [0.5, 0.6) is 0 Å². The van der Waals surface area contributed by atoms with Gasteiger partial charge in [-0.3, -0.25) is 14.4 Å². The Kier molecular flexibility index (Phi) is 50.9. The number of unbranched alkanes of at least 4 members (excludes halogenated alkanes) is 29. The predicted molar refractivity (Wildman–Crippen MR) is 279 cm³/mol. The first-order valence-electron chi connectivity index (χ1n) is 27.5. The molecule has 0 aliphatic carbocycles. The fourth-order valence-corrected chi connectivity index (χ4v) is 7.62. The van der Waals surface area contributed by atoms with Crippen molar-refractivity contribution in [2.24, 2.45) is 0 Å². The van der Waals surface area contributed by atoms with Crippen LogP contribution in [0.15, 0.2) is 72.9 Å². The lowest BCUT2D eigenvalue weighted by Crippen LogP contribution is -2.30. The van der Waals surface area contributed by atoms with Crippen molar-refractivity contribution in [2.75, 3.05) is 13.2 Å². The highest BCUT2D eigenvalue weighted by molar-refractivity contribution is 5.71. The topological polar surface area (TPSA) is 78.9 Å². The molecule has 374 valence electrons. The SMILES string of the molecule is CC\C=C/C=C\C=C/C=C\CCCCCC(=O)OCC(COC(=O)CCCCCCC/C=C\CCCCCCCCCCC)OC(=O)CCCCCCC/C=C\CCCCCCCCC. The number of carbonyl (C=O) groups is 3. The van der Waals surface area contributed by atoms with Crippen molar-refractivity contribution in [3.05, 3.63) is 72.9 Å². The maximum absolute atomic E-state index is 12.8. The molecule has 0 aromatic heterocycles. The van der Waals surface area contributed by atoms with Gasteiger partial charge in [0.25, 0.3) is 0 Å². The first-order chi connectivity index (χ1) is 32.0. The van der Waals surface area contributed by atoms with E-state index in [-0.39, 0.29) is 31.1 Å². The lowest BCUT2D eigenvalue weighted by atomic mass is 10.1. The van der Waals surface area contributed by atoms with E-state index >= 15 is 0 Å². The summed E-state index contributed by atoms with van der Waals surface area (Å²) in [4.78, 5) is 38.0. The van der Waals surface area contributed by atoms with E-state index in [4.69, 9.17) is 14.2 Å². The summed E-state index contributed by atoms with van der Waals surface area (Å²) < 4.78 is 16.8. The molecular formula is C59H102O6. The van der Waals surface area contributed by atoms with Crippen LogP contribution in [-0.4, -0.2) is 37.2 Å². The average Bonchev–Trinajstić information content (AvgIpc) is 3.30. The van der Waals surface area contributed by atoms with Crippen LogP contribution in [-0.2, 0) is 28.6 Å². The Bertz CT molecular complexity index is 1230. The molecule has 1 unspecified atom stereocenters. The van der Waals surface area contributed by atoms with E-state index in [1.165, 1.54) is 135 Å². The molecule has 0 aromatic rings. The van der Waals surface area contributed by atoms with Gasteiger partial charge in [0, 0.05) is 19.3 Å². The van der Waals surface area contributed by atoms with Gasteiger partial charge < -0.3 is 14.2 Å². The molecule has 1 atom stereocenters. The van der Waals surface area contributed by atoms with Crippen molar-refractivity contribution in [3.8, 4) is 0 Å². The van der Waals surface area contributed by atoms with Crippen LogP contribution in [0.4, 0.5) is 0 Å². The Morgan fingerprint density at radius 2 is 0.615 bits per heavy atom. The van der Waals surface area contributed by atoms with Gasteiger partial charge in [-0.05, 0) is 89.9 Å². The van der Waals surface area contributed by atoms with E-state index in [2.05, 4.69) is 63.3 Å². The van der Waals surface area contributed by atoms with E-state index in [0.29, 0.717) is 19.3 Å². The Morgan fingerprint density at radius 1 is 0.323 bits per heavy atom. The van der Waals surface area contributed by atoms with E-state index in [1.807, 2.05) is 30.4 Å². The first-order valence-corrected chi connectivity index (χ1v) is 27.5. The third-order valence-electron chi connectivity index (χ3n) is 11.8. The third-order valence-corrected chi connectivity index (χ3v) is 11.8. The number of ether oxygens (including phenoxy) is 3. The minimum absolute atomic E-state index is 0.0955. The minimum Gasteiger partial charge on any atom is -0.462 e. The monoisotopic (exact) mass is 907 g/mol. The van der Waals surface area contributed by atoms with Crippen molar-refractivity contribution in [1.82, 2.24) is 0 Å². The van der Waals surface area contributed by atoms with Gasteiger partial charge in [0.05, 0.1) is 0 Å². The molecule has 0 saturated carbocycles. The Morgan fingerprint density at radius 3 is 1.00 bits per heavy atom. The number of rotatable bonds is 49. The summed E-state index contributed by atoms with van der Waals surface area (Å²) >= 11 is 0. The molecule has 0 radical (unpaired) electrons. The molecule has 0 heterocycles. The maximum atomic E-state index is 12.8. The van der Waals surface area contributed by atoms with Gasteiger partial charge in [0.2, 0.25) is 0 Å². The van der Waals surface area contributed by atoms with Gasteiger partial charge in [-0.2, -0.15) is 0 Å². The molecule has 65 heavy (non-hydrogen) atoms. The van der Waals surface area contributed by atoms with Crippen molar-refractivity contribution < 1.29 is 28.6 Å². The third kappa shape index (κ3) is 51.7. The summed E-state index contributed by atoms with van der Waals surface area (Å²) in [5, 5.41) is 0. The molecule has 0 spiro atoms. The zero-order valence-corrected chi connectivity index (χ0v) is 42.7. The highest BCUT2D eigenvalue weighted by Crippen LogP contribution is 2.15. The van der Waals surface area contributed by atoms with Crippen LogP contribution >= 0.6 is 0 Å². The number of hydrogen-bond donors (Lipinski definition) is 0. The fraction of sp³-hybridized carbons (Fsp3) is 0.746. The highest BCUT2D eigenvalue weighted by Gasteiger charge is 2.19. The second kappa shape index (κ2) is 53.5. The molecule has 6 nitrogen and oxygen atoms in total. The van der Waals surface area contributed by atoms with Gasteiger partial charge in [-0.1, -0.05) is 229 Å². The number of hydrogen-bond acceptors (Lipinski definition) is 6. The van der Waals surface area contributed by atoms with Gasteiger partial charge >= 0.3 is 17.9 Å². The minimum atomic E-state index is -0.799. The average molecular weight is 907 g/mol. The van der Waals surface area contributed by atoms with E-state index in [0.717, 1.165) is 89.9 Å². The highest BCUT2D eigenvalue weighted by atomic mass is 16.6. The zero-order valence-electron chi connectivity index (χ0n) is 42.7. The molecule has 0 rings (SSSR count). The largest absolute Gasteiger partial charge is 0.462 e. The van der Waals surface area contributed by atoms with Crippen LogP contribution in [0.3, 0.4) is 0 Å². The molecule has 6 heteroatoms. The normalized spacial score (nSPS) is 12.6. The van der Waals surface area contributed by atoms with Crippen LogP contribution in [0, 0.1) is 0 Å². The maximum Gasteiger partial charge on any atom is 0.306 e. The van der Waals surface area contributed by atoms with Crippen LogP contribution in [0.1, 0.15) is 265 Å². The van der Waals surface area contributed by atoms with Crippen LogP contribution in [0.25, 0.3) is 0 Å².